The Morgan fingerprint density at radius 2 is 1.76 bits per heavy atom. The van der Waals surface area contributed by atoms with Gasteiger partial charge in [0.2, 0.25) is 0 Å². The average Bonchev–Trinajstić information content (AvgIpc) is 3.14. The van der Waals surface area contributed by atoms with Gasteiger partial charge < -0.3 is 20.1 Å². The smallest absolute Gasteiger partial charge is 0.341 e. The molecule has 3 rings (SSSR count). The highest BCUT2D eigenvalue weighted by molar-refractivity contribution is 7.19. The van der Waals surface area contributed by atoms with E-state index >= 15 is 0 Å². The standard InChI is InChI=1S/C22H18ClN3O7S/c1-11-17(22(29)33-3)21(25-19(27)12-8-9-13(23)15(10-12)26(30)31)34-18(11)20(28)24-14-6-4-5-7-16(14)32-2/h4-10H,1-3H3,(H,24,28)(H,25,27). The number of hydrogen-bond donors (Lipinski definition) is 2. The number of thiophene rings is 1. The molecule has 0 spiro atoms. The summed E-state index contributed by atoms with van der Waals surface area (Å²) < 4.78 is 10.1. The van der Waals surface area contributed by atoms with Crippen LogP contribution in [-0.2, 0) is 4.74 Å². The van der Waals surface area contributed by atoms with E-state index < -0.39 is 28.4 Å². The number of carbonyl (C=O) groups is 3. The molecule has 2 N–H and O–H groups in total. The van der Waals surface area contributed by atoms with Crippen molar-refractivity contribution in [3.8, 4) is 5.75 Å². The lowest BCUT2D eigenvalue weighted by molar-refractivity contribution is -0.384. The van der Waals surface area contributed by atoms with Crippen LogP contribution in [0, 0.1) is 17.0 Å². The van der Waals surface area contributed by atoms with E-state index in [1.165, 1.54) is 26.4 Å². The first-order valence-corrected chi connectivity index (χ1v) is 10.8. The lowest BCUT2D eigenvalue weighted by atomic mass is 10.1. The molecular formula is C22H18ClN3O7S. The Bertz CT molecular complexity index is 1310. The van der Waals surface area contributed by atoms with Crippen LogP contribution in [0.15, 0.2) is 42.5 Å². The highest BCUT2D eigenvalue weighted by Crippen LogP contribution is 2.35. The van der Waals surface area contributed by atoms with Crippen LogP contribution >= 0.6 is 22.9 Å². The zero-order valence-electron chi connectivity index (χ0n) is 18.1. The summed E-state index contributed by atoms with van der Waals surface area (Å²) in [6, 6.07) is 10.3. The fourth-order valence-corrected chi connectivity index (χ4v) is 4.33. The molecule has 0 saturated heterocycles. The van der Waals surface area contributed by atoms with Gasteiger partial charge in [0.1, 0.15) is 15.8 Å². The van der Waals surface area contributed by atoms with Crippen LogP contribution < -0.4 is 15.4 Å². The normalized spacial score (nSPS) is 10.4. The van der Waals surface area contributed by atoms with Crippen LogP contribution in [0.5, 0.6) is 5.75 Å². The van der Waals surface area contributed by atoms with Gasteiger partial charge >= 0.3 is 5.97 Å². The minimum Gasteiger partial charge on any atom is -0.495 e. The number of para-hydroxylation sites is 2. The highest BCUT2D eigenvalue weighted by atomic mass is 35.5. The summed E-state index contributed by atoms with van der Waals surface area (Å²) in [4.78, 5) is 48.8. The molecule has 0 aliphatic carbocycles. The van der Waals surface area contributed by atoms with Gasteiger partial charge in [-0.25, -0.2) is 4.79 Å². The van der Waals surface area contributed by atoms with Crippen LogP contribution in [0.1, 0.15) is 36.0 Å². The monoisotopic (exact) mass is 503 g/mol. The Morgan fingerprint density at radius 3 is 2.41 bits per heavy atom. The van der Waals surface area contributed by atoms with Gasteiger partial charge in [-0.3, -0.25) is 19.7 Å². The number of anilines is 2. The van der Waals surface area contributed by atoms with Crippen molar-refractivity contribution < 1.29 is 28.8 Å². The van der Waals surface area contributed by atoms with Gasteiger partial charge in [0.05, 0.1) is 35.3 Å². The number of ether oxygens (including phenoxy) is 2. The first-order valence-electron chi connectivity index (χ1n) is 9.59. The van der Waals surface area contributed by atoms with Gasteiger partial charge in [-0.15, -0.1) is 11.3 Å². The number of halogens is 1. The molecule has 12 heteroatoms. The molecule has 3 aromatic rings. The Morgan fingerprint density at radius 1 is 1.06 bits per heavy atom. The van der Waals surface area contributed by atoms with Crippen molar-refractivity contribution in [1.29, 1.82) is 0 Å². The Balaban J connectivity index is 1.96. The third-order valence-electron chi connectivity index (χ3n) is 4.73. The molecule has 1 heterocycles. The molecule has 0 bridgehead atoms. The fraction of sp³-hybridized carbons (Fsp3) is 0.136. The minimum absolute atomic E-state index is 0.00510. The summed E-state index contributed by atoms with van der Waals surface area (Å²) in [7, 11) is 2.63. The molecular weight excluding hydrogens is 486 g/mol. The first-order chi connectivity index (χ1) is 16.2. The molecule has 176 valence electrons. The second-order valence-corrected chi connectivity index (χ2v) is 8.21. The molecule has 0 unspecified atom stereocenters. The number of carbonyl (C=O) groups excluding carboxylic acids is 3. The summed E-state index contributed by atoms with van der Waals surface area (Å²) >= 11 is 6.66. The second-order valence-electron chi connectivity index (χ2n) is 6.78. The number of amides is 2. The van der Waals surface area contributed by atoms with Crippen molar-refractivity contribution in [3.05, 3.63) is 79.2 Å². The minimum atomic E-state index is -0.762. The number of nitrogens with zero attached hydrogens (tertiary/aromatic N) is 1. The number of nitro benzene ring substituents is 1. The first kappa shape index (κ1) is 24.7. The molecule has 2 aromatic carbocycles. The van der Waals surface area contributed by atoms with Gasteiger partial charge in [0, 0.05) is 11.6 Å². The van der Waals surface area contributed by atoms with Crippen molar-refractivity contribution in [2.24, 2.45) is 0 Å². The lowest BCUT2D eigenvalue weighted by Crippen LogP contribution is -2.15. The van der Waals surface area contributed by atoms with Crippen molar-refractivity contribution in [3.63, 3.8) is 0 Å². The van der Waals surface area contributed by atoms with E-state index in [9.17, 15) is 24.5 Å². The fourth-order valence-electron chi connectivity index (χ4n) is 3.06. The van der Waals surface area contributed by atoms with E-state index in [1.807, 2.05) is 0 Å². The molecule has 0 aliphatic heterocycles. The molecule has 34 heavy (non-hydrogen) atoms. The zero-order valence-corrected chi connectivity index (χ0v) is 19.7. The van der Waals surface area contributed by atoms with Gasteiger partial charge in [-0.2, -0.15) is 0 Å². The summed E-state index contributed by atoms with van der Waals surface area (Å²) in [6.45, 7) is 1.54. The van der Waals surface area contributed by atoms with Crippen LogP contribution in [-0.4, -0.2) is 36.9 Å². The van der Waals surface area contributed by atoms with Crippen LogP contribution in [0.2, 0.25) is 5.02 Å². The lowest BCUT2D eigenvalue weighted by Gasteiger charge is -2.09. The van der Waals surface area contributed by atoms with E-state index in [0.717, 1.165) is 17.4 Å². The predicted molar refractivity (Wildman–Crippen MR) is 127 cm³/mol. The number of hydrogen-bond acceptors (Lipinski definition) is 8. The van der Waals surface area contributed by atoms with Gasteiger partial charge in [-0.05, 0) is 36.8 Å². The maximum atomic E-state index is 13.0. The van der Waals surface area contributed by atoms with Crippen LogP contribution in [0.3, 0.4) is 0 Å². The summed E-state index contributed by atoms with van der Waals surface area (Å²) in [5.74, 6) is -1.58. The summed E-state index contributed by atoms with van der Waals surface area (Å²) in [6.07, 6.45) is 0. The van der Waals surface area contributed by atoms with Crippen molar-refractivity contribution in [1.82, 2.24) is 0 Å². The van der Waals surface area contributed by atoms with Gasteiger partial charge in [0.25, 0.3) is 17.5 Å². The number of methoxy groups -OCH3 is 2. The van der Waals surface area contributed by atoms with Gasteiger partial charge in [-0.1, -0.05) is 23.7 Å². The van der Waals surface area contributed by atoms with E-state index in [1.54, 1.807) is 31.2 Å². The number of nitrogens with one attached hydrogen (secondary N) is 2. The Hall–Kier alpha value is -3.96. The number of nitro groups is 1. The molecule has 2 amide bonds. The van der Waals surface area contributed by atoms with E-state index in [2.05, 4.69) is 10.6 Å². The second kappa shape index (κ2) is 10.3. The Labute approximate surface area is 202 Å². The van der Waals surface area contributed by atoms with Crippen LogP contribution in [0.25, 0.3) is 0 Å². The van der Waals surface area contributed by atoms with E-state index in [4.69, 9.17) is 21.1 Å². The third kappa shape index (κ3) is 5.00. The molecule has 0 atom stereocenters. The highest BCUT2D eigenvalue weighted by Gasteiger charge is 2.27. The molecule has 10 nitrogen and oxygen atoms in total. The predicted octanol–water partition coefficient (Wildman–Crippen LogP) is 4.92. The zero-order chi connectivity index (χ0) is 25.0. The van der Waals surface area contributed by atoms with Crippen molar-refractivity contribution in [2.75, 3.05) is 24.9 Å². The number of esters is 1. The van der Waals surface area contributed by atoms with E-state index in [-0.39, 0.29) is 26.0 Å². The molecule has 0 aliphatic rings. The Kier molecular flexibility index (Phi) is 7.49. The third-order valence-corrected chi connectivity index (χ3v) is 6.26. The topological polar surface area (TPSA) is 137 Å². The summed E-state index contributed by atoms with van der Waals surface area (Å²) in [5, 5.41) is 16.3. The average molecular weight is 504 g/mol. The maximum absolute atomic E-state index is 13.0. The summed E-state index contributed by atoms with van der Waals surface area (Å²) in [5.41, 5.74) is 0.206. The molecule has 0 saturated carbocycles. The maximum Gasteiger partial charge on any atom is 0.341 e. The van der Waals surface area contributed by atoms with Gasteiger partial charge in [0.15, 0.2) is 0 Å². The van der Waals surface area contributed by atoms with Crippen molar-refractivity contribution in [2.45, 2.75) is 6.92 Å². The molecule has 0 fully saturated rings. The van der Waals surface area contributed by atoms with Crippen molar-refractivity contribution >= 4 is 57.1 Å². The largest absolute Gasteiger partial charge is 0.495 e. The molecule has 0 radical (unpaired) electrons. The quantitative estimate of drug-likeness (QED) is 0.265. The number of rotatable bonds is 7. The van der Waals surface area contributed by atoms with E-state index in [0.29, 0.717) is 17.0 Å². The molecule has 1 aromatic heterocycles. The van der Waals surface area contributed by atoms with Crippen LogP contribution in [0.4, 0.5) is 16.4 Å². The SMILES string of the molecule is COC(=O)c1c(NC(=O)c2ccc(Cl)c([N+](=O)[O-])c2)sc(C(=O)Nc2ccccc2OC)c1C. The number of benzene rings is 2.